The predicted molar refractivity (Wildman–Crippen MR) is 82.7 cm³/mol. The molecule has 1 aliphatic rings. The first-order chi connectivity index (χ1) is 8.66. The largest absolute Gasteiger partial charge is 0.491 e. The number of ether oxygens (including phenoxy) is 1. The van der Waals surface area contributed by atoms with Gasteiger partial charge in [0.05, 0.1) is 6.10 Å². The predicted octanol–water partition coefficient (Wildman–Crippen LogP) is 3.32. The Morgan fingerprint density at radius 1 is 1.33 bits per heavy atom. The van der Waals surface area contributed by atoms with Crippen LogP contribution in [0.25, 0.3) is 0 Å². The van der Waals surface area contributed by atoms with Crippen LogP contribution in [0.3, 0.4) is 0 Å². The van der Waals surface area contributed by atoms with Crippen molar-refractivity contribution < 1.29 is 4.74 Å². The molecule has 2 unspecified atom stereocenters. The minimum Gasteiger partial charge on any atom is -0.491 e. The maximum absolute atomic E-state index is 6.38. The Hall–Kier alpha value is -0.320. The molecule has 1 saturated heterocycles. The van der Waals surface area contributed by atoms with E-state index in [9.17, 15) is 0 Å². The van der Waals surface area contributed by atoms with Crippen LogP contribution >= 0.6 is 23.5 Å². The summed E-state index contributed by atoms with van der Waals surface area (Å²) in [5, 5.41) is 0.526. The third-order valence-corrected chi connectivity index (χ3v) is 5.74. The summed E-state index contributed by atoms with van der Waals surface area (Å²) in [6, 6.07) is 8.34. The van der Waals surface area contributed by atoms with E-state index in [1.165, 1.54) is 17.1 Å². The molecule has 0 radical (unpaired) electrons. The van der Waals surface area contributed by atoms with Gasteiger partial charge in [0, 0.05) is 28.6 Å². The van der Waals surface area contributed by atoms with Crippen molar-refractivity contribution >= 4 is 23.5 Å². The van der Waals surface area contributed by atoms with Gasteiger partial charge in [0.25, 0.3) is 0 Å². The van der Waals surface area contributed by atoms with Crippen molar-refractivity contribution in [1.82, 2.24) is 0 Å². The topological polar surface area (TPSA) is 35.2 Å². The molecule has 1 heterocycles. The minimum absolute atomic E-state index is 0.110. The second-order valence-electron chi connectivity index (χ2n) is 4.75. The lowest BCUT2D eigenvalue weighted by Crippen LogP contribution is -2.28. The number of thioether (sulfide) groups is 2. The molecule has 2 N–H and O–H groups in total. The highest BCUT2D eigenvalue weighted by Gasteiger charge is 2.23. The lowest BCUT2D eigenvalue weighted by molar-refractivity contribution is 0.242. The summed E-state index contributed by atoms with van der Waals surface area (Å²) in [6.07, 6.45) is 0.205. The van der Waals surface area contributed by atoms with Crippen molar-refractivity contribution in [3.8, 4) is 5.75 Å². The van der Waals surface area contributed by atoms with E-state index in [2.05, 4.69) is 12.1 Å². The SMILES string of the molecule is CC(C)Oc1cccc(C(N)C2CSCCS2)c1. The molecule has 4 heteroatoms. The Balaban J connectivity index is 2.06. The Labute approximate surface area is 118 Å². The summed E-state index contributed by atoms with van der Waals surface area (Å²) in [4.78, 5) is 0. The molecule has 0 amide bonds. The highest BCUT2D eigenvalue weighted by molar-refractivity contribution is 8.06. The average molecular weight is 283 g/mol. The van der Waals surface area contributed by atoms with E-state index in [1.54, 1.807) is 0 Å². The van der Waals surface area contributed by atoms with E-state index in [1.807, 2.05) is 49.5 Å². The lowest BCUT2D eigenvalue weighted by atomic mass is 10.0. The number of nitrogens with two attached hydrogens (primary N) is 1. The van der Waals surface area contributed by atoms with Crippen molar-refractivity contribution in [1.29, 1.82) is 0 Å². The average Bonchev–Trinajstić information content (AvgIpc) is 2.38. The van der Waals surface area contributed by atoms with Gasteiger partial charge >= 0.3 is 0 Å². The fraction of sp³-hybridized carbons (Fsp3) is 0.571. The van der Waals surface area contributed by atoms with E-state index in [-0.39, 0.29) is 12.1 Å². The summed E-state index contributed by atoms with van der Waals surface area (Å²) in [6.45, 7) is 4.08. The maximum atomic E-state index is 6.38. The summed E-state index contributed by atoms with van der Waals surface area (Å²) >= 11 is 4.01. The van der Waals surface area contributed by atoms with E-state index in [0.29, 0.717) is 5.25 Å². The summed E-state index contributed by atoms with van der Waals surface area (Å²) in [7, 11) is 0. The zero-order chi connectivity index (χ0) is 13.0. The second-order valence-corrected chi connectivity index (χ2v) is 7.25. The Kier molecular flexibility index (Phi) is 5.27. The van der Waals surface area contributed by atoms with Crippen molar-refractivity contribution in [2.45, 2.75) is 31.2 Å². The highest BCUT2D eigenvalue weighted by Crippen LogP contribution is 2.33. The number of benzene rings is 1. The van der Waals surface area contributed by atoms with Crippen LogP contribution in [-0.2, 0) is 0 Å². The number of hydrogen-bond acceptors (Lipinski definition) is 4. The van der Waals surface area contributed by atoms with Gasteiger partial charge in [-0.2, -0.15) is 23.5 Å². The molecule has 0 aromatic heterocycles. The molecule has 2 atom stereocenters. The van der Waals surface area contributed by atoms with Crippen LogP contribution in [0.2, 0.25) is 0 Å². The third kappa shape index (κ3) is 3.84. The highest BCUT2D eigenvalue weighted by atomic mass is 32.2. The van der Waals surface area contributed by atoms with Gasteiger partial charge < -0.3 is 10.5 Å². The van der Waals surface area contributed by atoms with Gasteiger partial charge in [0.1, 0.15) is 5.75 Å². The fourth-order valence-corrected chi connectivity index (χ4v) is 4.80. The van der Waals surface area contributed by atoms with Crippen molar-refractivity contribution in [2.75, 3.05) is 17.3 Å². The smallest absolute Gasteiger partial charge is 0.120 e. The van der Waals surface area contributed by atoms with Crippen LogP contribution in [0.4, 0.5) is 0 Å². The molecular formula is C14H21NOS2. The first-order valence-electron chi connectivity index (χ1n) is 6.38. The zero-order valence-corrected chi connectivity index (χ0v) is 12.6. The molecule has 18 heavy (non-hydrogen) atoms. The molecule has 0 saturated carbocycles. The second kappa shape index (κ2) is 6.73. The van der Waals surface area contributed by atoms with Gasteiger partial charge in [-0.15, -0.1) is 0 Å². The summed E-state index contributed by atoms with van der Waals surface area (Å²) in [5.74, 6) is 4.54. The van der Waals surface area contributed by atoms with Gasteiger partial charge in [-0.1, -0.05) is 12.1 Å². The van der Waals surface area contributed by atoms with E-state index < -0.39 is 0 Å². The third-order valence-electron chi connectivity index (χ3n) is 2.86. The normalized spacial score (nSPS) is 21.9. The molecule has 0 spiro atoms. The Morgan fingerprint density at radius 2 is 2.17 bits per heavy atom. The van der Waals surface area contributed by atoms with E-state index >= 15 is 0 Å². The maximum Gasteiger partial charge on any atom is 0.120 e. The van der Waals surface area contributed by atoms with Crippen LogP contribution in [-0.4, -0.2) is 28.6 Å². The quantitative estimate of drug-likeness (QED) is 0.919. The van der Waals surface area contributed by atoms with Crippen molar-refractivity contribution in [3.05, 3.63) is 29.8 Å². The number of hydrogen-bond donors (Lipinski definition) is 1. The van der Waals surface area contributed by atoms with Gasteiger partial charge in [0.15, 0.2) is 0 Å². The van der Waals surface area contributed by atoms with Crippen LogP contribution < -0.4 is 10.5 Å². The molecule has 1 aliphatic heterocycles. The molecular weight excluding hydrogens is 262 g/mol. The molecule has 100 valence electrons. The lowest BCUT2D eigenvalue weighted by Gasteiger charge is -2.27. The molecule has 0 aliphatic carbocycles. The molecule has 1 fully saturated rings. The first-order valence-corrected chi connectivity index (χ1v) is 8.58. The van der Waals surface area contributed by atoms with E-state index in [4.69, 9.17) is 10.5 Å². The minimum atomic E-state index is 0.110. The van der Waals surface area contributed by atoms with Gasteiger partial charge in [-0.3, -0.25) is 0 Å². The summed E-state index contributed by atoms with van der Waals surface area (Å²) < 4.78 is 5.72. The van der Waals surface area contributed by atoms with Gasteiger partial charge in [0.2, 0.25) is 0 Å². The molecule has 1 aromatic rings. The van der Waals surface area contributed by atoms with Crippen LogP contribution in [0.5, 0.6) is 5.75 Å². The van der Waals surface area contributed by atoms with E-state index in [0.717, 1.165) is 11.5 Å². The van der Waals surface area contributed by atoms with Crippen molar-refractivity contribution in [2.24, 2.45) is 5.73 Å². The van der Waals surface area contributed by atoms with Crippen LogP contribution in [0.1, 0.15) is 25.5 Å². The monoisotopic (exact) mass is 283 g/mol. The van der Waals surface area contributed by atoms with Gasteiger partial charge in [-0.25, -0.2) is 0 Å². The molecule has 2 nitrogen and oxygen atoms in total. The van der Waals surface area contributed by atoms with Gasteiger partial charge in [-0.05, 0) is 31.5 Å². The van der Waals surface area contributed by atoms with Crippen molar-refractivity contribution in [3.63, 3.8) is 0 Å². The first kappa shape index (κ1) is 14.1. The summed E-state index contributed by atoms with van der Waals surface area (Å²) in [5.41, 5.74) is 7.57. The fourth-order valence-electron chi connectivity index (χ4n) is 2.00. The molecule has 2 rings (SSSR count). The number of rotatable bonds is 4. The Morgan fingerprint density at radius 3 is 2.83 bits per heavy atom. The molecule has 0 bridgehead atoms. The zero-order valence-electron chi connectivity index (χ0n) is 11.0. The van der Waals surface area contributed by atoms with Crippen LogP contribution in [0.15, 0.2) is 24.3 Å². The van der Waals surface area contributed by atoms with Crippen LogP contribution in [0, 0.1) is 0 Å². The molecule has 1 aromatic carbocycles. The standard InChI is InChI=1S/C14H21NOS2/c1-10(2)16-12-5-3-4-11(8-12)14(15)13-9-17-6-7-18-13/h3-5,8,10,13-14H,6-7,9,15H2,1-2H3. The Bertz CT molecular complexity index is 378.